The topological polar surface area (TPSA) is 70.2 Å². The minimum absolute atomic E-state index is 0.0461. The van der Waals surface area contributed by atoms with Gasteiger partial charge in [0.2, 0.25) is 11.8 Å². The molecule has 1 N–H and O–H groups in total. The quantitative estimate of drug-likeness (QED) is 0.450. The number of aromatic amines is 1. The molecule has 2 aromatic carbocycles. The van der Waals surface area contributed by atoms with Gasteiger partial charge in [-0.05, 0) is 66.1 Å². The van der Waals surface area contributed by atoms with Gasteiger partial charge < -0.3 is 4.98 Å². The van der Waals surface area contributed by atoms with E-state index in [1.165, 1.54) is 28.4 Å². The standard InChI is InChI=1S/C25H18BrFN2O3S2/c26-11-3-7-13(8-4-11)29-23(30)18-14-9-15(19(18)24(29)31)20-17(14)16(10-1-5-12(27)6-2-10)21-22(33-20)28-25(32)34-21/h1-8,14-20H,9H2,(H,28,32)/t14-,15-,16+,17+,18+,19+,20-/m1/s1. The molecular formula is C25H18BrFN2O3S2. The largest absolute Gasteiger partial charge is 0.307 e. The molecule has 0 unspecified atom stereocenters. The number of thiazole rings is 1. The van der Waals surface area contributed by atoms with Crippen molar-refractivity contribution in [3.05, 3.63) is 78.9 Å². The number of nitrogens with zero attached hydrogens (tertiary/aromatic N) is 1. The van der Waals surface area contributed by atoms with Crippen LogP contribution in [0.15, 0.2) is 62.8 Å². The van der Waals surface area contributed by atoms with E-state index in [1.807, 2.05) is 12.1 Å². The smallest absolute Gasteiger partial charge is 0.305 e. The van der Waals surface area contributed by atoms with Crippen molar-refractivity contribution in [3.63, 3.8) is 0 Å². The van der Waals surface area contributed by atoms with Gasteiger partial charge in [0.15, 0.2) is 0 Å². The number of hydrogen-bond acceptors (Lipinski definition) is 5. The van der Waals surface area contributed by atoms with Crippen LogP contribution < -0.4 is 9.77 Å². The van der Waals surface area contributed by atoms with Gasteiger partial charge in [0.25, 0.3) is 0 Å². The van der Waals surface area contributed by atoms with Gasteiger partial charge in [-0.25, -0.2) is 4.39 Å². The number of imide groups is 1. The highest BCUT2D eigenvalue weighted by Gasteiger charge is 2.69. The molecule has 2 aliphatic carbocycles. The molecule has 0 spiro atoms. The van der Waals surface area contributed by atoms with E-state index in [-0.39, 0.29) is 63.3 Å². The number of benzene rings is 2. The maximum atomic E-state index is 13.7. The van der Waals surface area contributed by atoms with Crippen LogP contribution in [0.2, 0.25) is 0 Å². The zero-order chi connectivity index (χ0) is 23.3. The van der Waals surface area contributed by atoms with Crippen LogP contribution in [0.3, 0.4) is 0 Å². The number of carbonyl (C=O) groups excluding carboxylic acids is 2. The van der Waals surface area contributed by atoms with Gasteiger partial charge in [0.05, 0.1) is 22.5 Å². The second kappa shape index (κ2) is 7.38. The highest BCUT2D eigenvalue weighted by molar-refractivity contribution is 9.10. The third-order valence-corrected chi connectivity index (χ3v) is 11.2. The zero-order valence-electron chi connectivity index (χ0n) is 17.6. The molecule has 2 saturated carbocycles. The molecule has 1 aromatic heterocycles. The number of amides is 2. The van der Waals surface area contributed by atoms with Gasteiger partial charge >= 0.3 is 4.87 Å². The Morgan fingerprint density at radius 3 is 2.32 bits per heavy atom. The Balaban J connectivity index is 1.32. The average Bonchev–Trinajstić information content (AvgIpc) is 3.54. The van der Waals surface area contributed by atoms with Gasteiger partial charge in [-0.15, -0.1) is 11.8 Å². The van der Waals surface area contributed by atoms with Crippen molar-refractivity contribution in [2.75, 3.05) is 4.90 Å². The van der Waals surface area contributed by atoms with Crippen molar-refractivity contribution < 1.29 is 14.0 Å². The molecule has 2 amide bonds. The molecule has 5 nitrogen and oxygen atoms in total. The number of thioether (sulfide) groups is 1. The first-order valence-electron chi connectivity index (χ1n) is 11.2. The van der Waals surface area contributed by atoms with Crippen LogP contribution >= 0.6 is 39.0 Å². The molecule has 172 valence electrons. The lowest BCUT2D eigenvalue weighted by atomic mass is 9.68. The predicted octanol–water partition coefficient (Wildman–Crippen LogP) is 5.02. The van der Waals surface area contributed by atoms with Crippen molar-refractivity contribution >= 4 is 56.5 Å². The van der Waals surface area contributed by atoms with E-state index in [4.69, 9.17) is 0 Å². The van der Waals surface area contributed by atoms with Crippen LogP contribution in [-0.4, -0.2) is 22.0 Å². The van der Waals surface area contributed by atoms with Crippen LogP contribution in [-0.2, 0) is 9.59 Å². The van der Waals surface area contributed by atoms with Crippen molar-refractivity contribution in [1.82, 2.24) is 4.98 Å². The van der Waals surface area contributed by atoms with Gasteiger partial charge in [0.1, 0.15) is 5.82 Å². The van der Waals surface area contributed by atoms with E-state index in [2.05, 4.69) is 20.9 Å². The lowest BCUT2D eigenvalue weighted by Gasteiger charge is -2.43. The molecule has 3 heterocycles. The minimum atomic E-state index is -0.344. The number of nitrogens with one attached hydrogen (secondary N) is 1. The van der Waals surface area contributed by atoms with Crippen LogP contribution in [0.5, 0.6) is 0 Å². The number of anilines is 1. The monoisotopic (exact) mass is 556 g/mol. The Bertz CT molecular complexity index is 1400. The van der Waals surface area contributed by atoms with Gasteiger partial charge in [-0.1, -0.05) is 39.4 Å². The fourth-order valence-electron chi connectivity index (χ4n) is 6.90. The summed E-state index contributed by atoms with van der Waals surface area (Å²) in [5, 5.41) is 0.983. The van der Waals surface area contributed by atoms with Crippen LogP contribution in [0.4, 0.5) is 10.1 Å². The third-order valence-electron chi connectivity index (χ3n) is 8.04. The van der Waals surface area contributed by atoms with E-state index >= 15 is 0 Å². The Morgan fingerprint density at radius 2 is 1.62 bits per heavy atom. The number of aromatic nitrogens is 1. The van der Waals surface area contributed by atoms with Crippen LogP contribution in [0.1, 0.15) is 22.8 Å². The molecule has 3 aromatic rings. The summed E-state index contributed by atoms with van der Waals surface area (Å²) >= 11 is 6.28. The molecule has 34 heavy (non-hydrogen) atoms. The van der Waals surface area contributed by atoms with Crippen molar-refractivity contribution in [2.24, 2.45) is 29.6 Å². The Hall–Kier alpha value is -2.23. The fraction of sp³-hybridized carbons (Fsp3) is 0.320. The van der Waals surface area contributed by atoms with Crippen LogP contribution in [0, 0.1) is 35.4 Å². The first-order chi connectivity index (χ1) is 16.4. The number of hydrogen-bond donors (Lipinski definition) is 1. The maximum Gasteiger partial charge on any atom is 0.305 e. The fourth-order valence-corrected chi connectivity index (χ4v) is 10.1. The first kappa shape index (κ1) is 21.1. The Morgan fingerprint density at radius 1 is 0.941 bits per heavy atom. The van der Waals surface area contributed by atoms with Gasteiger partial charge in [-0.2, -0.15) is 0 Å². The SMILES string of the molecule is O=C1[C@H]2[C@H]3C[C@@H]([C@@H]2C(=O)N1c1ccc(Br)cc1)[C@H]1[C@H](c2ccc(F)cc2)c2sc(=O)[nH]c2S[C@H]31. The lowest BCUT2D eigenvalue weighted by Crippen LogP contribution is -2.42. The van der Waals surface area contributed by atoms with Crippen molar-refractivity contribution in [1.29, 1.82) is 0 Å². The summed E-state index contributed by atoms with van der Waals surface area (Å²) in [5.41, 5.74) is 1.57. The zero-order valence-corrected chi connectivity index (χ0v) is 20.8. The van der Waals surface area contributed by atoms with E-state index in [0.717, 1.165) is 26.4 Å². The first-order valence-corrected chi connectivity index (χ1v) is 13.7. The molecule has 7 rings (SSSR count). The second-order valence-corrected chi connectivity index (χ2v) is 12.6. The molecule has 2 aliphatic heterocycles. The maximum absolute atomic E-state index is 13.7. The molecule has 1 saturated heterocycles. The number of halogens is 2. The highest BCUT2D eigenvalue weighted by atomic mass is 79.9. The summed E-state index contributed by atoms with van der Waals surface area (Å²) < 4.78 is 14.6. The summed E-state index contributed by atoms with van der Waals surface area (Å²) in [6.07, 6.45) is 0.834. The second-order valence-electron chi connectivity index (χ2n) is 9.50. The molecule has 0 radical (unpaired) electrons. The van der Waals surface area contributed by atoms with E-state index in [0.29, 0.717) is 5.69 Å². The van der Waals surface area contributed by atoms with Crippen molar-refractivity contribution in [3.8, 4) is 0 Å². The summed E-state index contributed by atoms with van der Waals surface area (Å²) in [4.78, 5) is 44.7. The molecule has 9 heteroatoms. The number of H-pyrrole nitrogens is 1. The van der Waals surface area contributed by atoms with Gasteiger partial charge in [-0.3, -0.25) is 19.3 Å². The molecule has 7 atom stereocenters. The third kappa shape index (κ3) is 2.80. The molecule has 2 bridgehead atoms. The van der Waals surface area contributed by atoms with Crippen LogP contribution in [0.25, 0.3) is 0 Å². The molecule has 4 aliphatic rings. The Kier molecular flexibility index (Phi) is 4.58. The highest BCUT2D eigenvalue weighted by Crippen LogP contribution is 2.68. The normalized spacial score (nSPS) is 33.2. The number of fused-ring (bicyclic) bond motifs is 9. The number of rotatable bonds is 2. The Labute approximate surface area is 210 Å². The van der Waals surface area contributed by atoms with E-state index in [1.54, 1.807) is 36.0 Å². The lowest BCUT2D eigenvalue weighted by molar-refractivity contribution is -0.123. The average molecular weight is 557 g/mol. The minimum Gasteiger partial charge on any atom is -0.307 e. The number of carbonyl (C=O) groups is 2. The molecular weight excluding hydrogens is 539 g/mol. The summed E-state index contributed by atoms with van der Waals surface area (Å²) in [7, 11) is 0. The summed E-state index contributed by atoms with van der Waals surface area (Å²) in [6.45, 7) is 0. The molecule has 3 fully saturated rings. The summed E-state index contributed by atoms with van der Waals surface area (Å²) in [5.74, 6) is -1.05. The van der Waals surface area contributed by atoms with Crippen molar-refractivity contribution in [2.45, 2.75) is 22.6 Å². The summed E-state index contributed by atoms with van der Waals surface area (Å²) in [6, 6.07) is 13.8. The van der Waals surface area contributed by atoms with Gasteiger partial charge in [0, 0.05) is 20.5 Å². The van der Waals surface area contributed by atoms with E-state index in [9.17, 15) is 18.8 Å². The van der Waals surface area contributed by atoms with E-state index < -0.39 is 0 Å². The predicted molar refractivity (Wildman–Crippen MR) is 132 cm³/mol.